The highest BCUT2D eigenvalue weighted by Gasteiger charge is 2.42. The van der Waals surface area contributed by atoms with Gasteiger partial charge in [0.2, 0.25) is 0 Å². The molecule has 1 heterocycles. The zero-order valence-corrected chi connectivity index (χ0v) is 18.5. The number of carbonyl (C=O) groups is 2. The van der Waals surface area contributed by atoms with Gasteiger partial charge in [-0.1, -0.05) is 30.3 Å². The molecule has 0 fully saturated rings. The van der Waals surface area contributed by atoms with Crippen molar-refractivity contribution < 1.29 is 14.3 Å². The molecule has 3 aromatic carbocycles. The van der Waals surface area contributed by atoms with Gasteiger partial charge in [-0.2, -0.15) is 5.26 Å². The molecule has 0 atom stereocenters. The number of ether oxygens (including phenoxy) is 1. The van der Waals surface area contributed by atoms with Gasteiger partial charge in [-0.25, -0.2) is 4.90 Å². The summed E-state index contributed by atoms with van der Waals surface area (Å²) in [5.41, 5.74) is 2.99. The third kappa shape index (κ3) is 4.09. The molecule has 0 aromatic heterocycles. The van der Waals surface area contributed by atoms with Gasteiger partial charge in [-0.3, -0.25) is 9.59 Å². The Labute approximate surface area is 192 Å². The minimum absolute atomic E-state index is 0.321. The van der Waals surface area contributed by atoms with Crippen LogP contribution in [-0.2, 0) is 9.59 Å². The molecule has 0 saturated heterocycles. The van der Waals surface area contributed by atoms with Gasteiger partial charge in [0.05, 0.1) is 29.5 Å². The lowest BCUT2D eigenvalue weighted by Crippen LogP contribution is -2.35. The van der Waals surface area contributed by atoms with Crippen LogP contribution < -0.4 is 14.5 Å². The van der Waals surface area contributed by atoms with Crippen molar-refractivity contribution in [2.45, 2.75) is 13.8 Å². The van der Waals surface area contributed by atoms with E-state index in [2.05, 4.69) is 6.07 Å². The largest absolute Gasteiger partial charge is 0.494 e. The normalized spacial score (nSPS) is 13.3. The number of nitriles is 1. The van der Waals surface area contributed by atoms with Crippen LogP contribution in [0.1, 0.15) is 25.0 Å². The molecule has 0 unspecified atom stereocenters. The molecule has 6 heteroatoms. The lowest BCUT2D eigenvalue weighted by atomic mass is 10.0. The van der Waals surface area contributed by atoms with Gasteiger partial charge in [-0.05, 0) is 67.9 Å². The van der Waals surface area contributed by atoms with E-state index in [9.17, 15) is 9.59 Å². The lowest BCUT2D eigenvalue weighted by Gasteiger charge is -2.25. The van der Waals surface area contributed by atoms with E-state index in [4.69, 9.17) is 10.00 Å². The number of para-hydroxylation sites is 1. The van der Waals surface area contributed by atoms with Crippen LogP contribution >= 0.6 is 0 Å². The van der Waals surface area contributed by atoms with Gasteiger partial charge >= 0.3 is 0 Å². The summed E-state index contributed by atoms with van der Waals surface area (Å²) >= 11 is 0. The number of hydrogen-bond donors (Lipinski definition) is 0. The van der Waals surface area contributed by atoms with Crippen LogP contribution in [0.2, 0.25) is 0 Å². The molecule has 1 aliphatic heterocycles. The number of rotatable bonds is 7. The standard InChI is InChI=1S/C27H23N3O3/c1-3-29(21-8-6-5-7-9-21)25-24(20-12-16-23(17-13-20)33-4-2)26(31)30(27(25)32)22-14-10-19(18-28)11-15-22/h5-17H,3-4H2,1-2H3. The van der Waals surface area contributed by atoms with Crippen LogP contribution in [0.3, 0.4) is 0 Å². The highest BCUT2D eigenvalue weighted by atomic mass is 16.5. The predicted molar refractivity (Wildman–Crippen MR) is 128 cm³/mol. The van der Waals surface area contributed by atoms with Crippen LogP contribution in [0.5, 0.6) is 5.75 Å². The van der Waals surface area contributed by atoms with Crippen molar-refractivity contribution in [3.8, 4) is 11.8 Å². The minimum Gasteiger partial charge on any atom is -0.494 e. The Morgan fingerprint density at radius 3 is 2.12 bits per heavy atom. The molecule has 0 aliphatic carbocycles. The minimum atomic E-state index is -0.404. The number of likely N-dealkylation sites (N-methyl/N-ethyl adjacent to an activating group) is 1. The van der Waals surface area contributed by atoms with E-state index in [1.165, 1.54) is 4.90 Å². The van der Waals surface area contributed by atoms with E-state index in [0.717, 1.165) is 5.69 Å². The van der Waals surface area contributed by atoms with E-state index in [0.29, 0.717) is 47.0 Å². The van der Waals surface area contributed by atoms with Crippen molar-refractivity contribution >= 4 is 28.8 Å². The maximum Gasteiger partial charge on any atom is 0.282 e. The first kappa shape index (κ1) is 21.8. The summed E-state index contributed by atoms with van der Waals surface area (Å²) in [6.45, 7) is 4.88. The van der Waals surface area contributed by atoms with Crippen molar-refractivity contribution in [1.82, 2.24) is 0 Å². The third-order valence-electron chi connectivity index (χ3n) is 5.42. The number of carbonyl (C=O) groups excluding carboxylic acids is 2. The monoisotopic (exact) mass is 437 g/mol. The van der Waals surface area contributed by atoms with Gasteiger partial charge < -0.3 is 9.64 Å². The number of benzene rings is 3. The van der Waals surface area contributed by atoms with Gasteiger partial charge in [-0.15, -0.1) is 0 Å². The van der Waals surface area contributed by atoms with Crippen molar-refractivity contribution in [2.24, 2.45) is 0 Å². The fourth-order valence-corrected chi connectivity index (χ4v) is 3.91. The molecule has 0 bridgehead atoms. The van der Waals surface area contributed by atoms with Crippen molar-refractivity contribution in [3.05, 3.63) is 95.7 Å². The van der Waals surface area contributed by atoms with E-state index in [-0.39, 0.29) is 0 Å². The average molecular weight is 437 g/mol. The Hall–Kier alpha value is -4.37. The Kier molecular flexibility index (Phi) is 6.23. The SMILES string of the molecule is CCOc1ccc(C2=C(N(CC)c3ccccc3)C(=O)N(c3ccc(C#N)cc3)C2=O)cc1. The molecular weight excluding hydrogens is 414 g/mol. The molecule has 4 rings (SSSR count). The highest BCUT2D eigenvalue weighted by molar-refractivity contribution is 6.46. The first-order valence-corrected chi connectivity index (χ1v) is 10.8. The van der Waals surface area contributed by atoms with Crippen molar-refractivity contribution in [1.29, 1.82) is 5.26 Å². The molecule has 0 spiro atoms. The summed E-state index contributed by atoms with van der Waals surface area (Å²) in [7, 11) is 0. The lowest BCUT2D eigenvalue weighted by molar-refractivity contribution is -0.120. The van der Waals surface area contributed by atoms with E-state index >= 15 is 0 Å². The molecule has 33 heavy (non-hydrogen) atoms. The fraction of sp³-hybridized carbons (Fsp3) is 0.148. The van der Waals surface area contributed by atoms with Gasteiger partial charge in [0.1, 0.15) is 11.4 Å². The van der Waals surface area contributed by atoms with E-state index in [1.807, 2.05) is 49.1 Å². The number of anilines is 2. The maximum atomic E-state index is 13.7. The average Bonchev–Trinajstić information content (AvgIpc) is 3.11. The molecule has 0 saturated carbocycles. The first-order valence-electron chi connectivity index (χ1n) is 10.8. The van der Waals surface area contributed by atoms with Gasteiger partial charge in [0, 0.05) is 12.2 Å². The Morgan fingerprint density at radius 1 is 0.879 bits per heavy atom. The molecular formula is C27H23N3O3. The molecule has 2 amide bonds. The molecule has 0 radical (unpaired) electrons. The number of nitrogens with zero attached hydrogens (tertiary/aromatic N) is 3. The molecule has 164 valence electrons. The number of imide groups is 1. The summed E-state index contributed by atoms with van der Waals surface area (Å²) in [5.74, 6) is -0.114. The summed E-state index contributed by atoms with van der Waals surface area (Å²) in [4.78, 5) is 30.4. The predicted octanol–water partition coefficient (Wildman–Crippen LogP) is 4.77. The second-order valence-corrected chi connectivity index (χ2v) is 7.37. The smallest absolute Gasteiger partial charge is 0.282 e. The van der Waals surface area contributed by atoms with Gasteiger partial charge in [0.15, 0.2) is 0 Å². The second-order valence-electron chi connectivity index (χ2n) is 7.37. The molecule has 6 nitrogen and oxygen atoms in total. The van der Waals surface area contributed by atoms with Crippen LogP contribution in [0, 0.1) is 11.3 Å². The summed E-state index contributed by atoms with van der Waals surface area (Å²) in [6, 6.07) is 25.2. The van der Waals surface area contributed by atoms with E-state index in [1.54, 1.807) is 48.5 Å². The molecule has 1 aliphatic rings. The Bertz CT molecular complexity index is 1240. The number of hydrogen-bond acceptors (Lipinski definition) is 5. The Balaban J connectivity index is 1.85. The summed E-state index contributed by atoms with van der Waals surface area (Å²) in [5, 5.41) is 9.10. The summed E-state index contributed by atoms with van der Waals surface area (Å²) < 4.78 is 5.53. The number of amides is 2. The van der Waals surface area contributed by atoms with Gasteiger partial charge in [0.25, 0.3) is 11.8 Å². The van der Waals surface area contributed by atoms with Crippen LogP contribution in [-0.4, -0.2) is 25.0 Å². The highest BCUT2D eigenvalue weighted by Crippen LogP contribution is 2.37. The molecule has 0 N–H and O–H groups in total. The maximum absolute atomic E-state index is 13.7. The van der Waals surface area contributed by atoms with E-state index < -0.39 is 11.8 Å². The van der Waals surface area contributed by atoms with Crippen molar-refractivity contribution in [2.75, 3.05) is 23.0 Å². The Morgan fingerprint density at radius 2 is 1.55 bits per heavy atom. The topological polar surface area (TPSA) is 73.6 Å². The van der Waals surface area contributed by atoms with Crippen molar-refractivity contribution in [3.63, 3.8) is 0 Å². The quantitative estimate of drug-likeness (QED) is 0.498. The first-order chi connectivity index (χ1) is 16.1. The third-order valence-corrected chi connectivity index (χ3v) is 5.42. The second kappa shape index (κ2) is 9.41. The fourth-order valence-electron chi connectivity index (χ4n) is 3.91. The zero-order valence-electron chi connectivity index (χ0n) is 18.5. The van der Waals surface area contributed by atoms with Crippen LogP contribution in [0.4, 0.5) is 11.4 Å². The van der Waals surface area contributed by atoms with Crippen LogP contribution in [0.15, 0.2) is 84.6 Å². The molecule has 3 aromatic rings. The summed E-state index contributed by atoms with van der Waals surface area (Å²) in [6.07, 6.45) is 0. The van der Waals surface area contributed by atoms with Crippen LogP contribution in [0.25, 0.3) is 5.57 Å². The zero-order chi connectivity index (χ0) is 23.4.